The van der Waals surface area contributed by atoms with Crippen LogP contribution in [0.25, 0.3) is 5.52 Å². The number of pyridine rings is 1. The highest BCUT2D eigenvalue weighted by molar-refractivity contribution is 5.68. The number of nitrogens with one attached hydrogen (secondary N) is 1. The summed E-state index contributed by atoms with van der Waals surface area (Å²) in [5, 5.41) is 3.23. The quantitative estimate of drug-likeness (QED) is 0.802. The summed E-state index contributed by atoms with van der Waals surface area (Å²) in [6.07, 6.45) is 10.5. The Bertz CT molecular complexity index is 811. The lowest BCUT2D eigenvalue weighted by Gasteiger charge is -2.32. The first-order valence-corrected chi connectivity index (χ1v) is 8.60. The van der Waals surface area contributed by atoms with Gasteiger partial charge in [-0.2, -0.15) is 0 Å². The Morgan fingerprint density at radius 1 is 1.29 bits per heavy atom. The van der Waals surface area contributed by atoms with Gasteiger partial charge in [0.25, 0.3) is 0 Å². The minimum absolute atomic E-state index is 0.481. The molecule has 0 unspecified atom stereocenters. The maximum Gasteiger partial charge on any atom is 0.150 e. The highest BCUT2D eigenvalue weighted by atomic mass is 15.1. The minimum atomic E-state index is 0.481. The van der Waals surface area contributed by atoms with Gasteiger partial charge in [0.05, 0.1) is 11.2 Å². The van der Waals surface area contributed by atoms with Crippen molar-refractivity contribution in [1.29, 1.82) is 0 Å². The molecule has 0 saturated carbocycles. The van der Waals surface area contributed by atoms with Crippen LogP contribution in [0.15, 0.2) is 49.1 Å². The molecule has 5 heteroatoms. The van der Waals surface area contributed by atoms with E-state index in [0.29, 0.717) is 5.92 Å². The maximum atomic E-state index is 4.89. The van der Waals surface area contributed by atoms with Crippen molar-refractivity contribution < 1.29 is 0 Å². The fraction of sp³-hybridized carbons (Fsp3) is 0.368. The summed E-state index contributed by atoms with van der Waals surface area (Å²) < 4.78 is 2.17. The van der Waals surface area contributed by atoms with E-state index in [1.165, 1.54) is 24.1 Å². The Morgan fingerprint density at radius 2 is 2.25 bits per heavy atom. The van der Waals surface area contributed by atoms with Crippen LogP contribution in [0.4, 0.5) is 5.82 Å². The maximum absolute atomic E-state index is 4.89. The van der Waals surface area contributed by atoms with Crippen LogP contribution in [0.5, 0.6) is 0 Å². The normalized spacial score (nSPS) is 18.8. The van der Waals surface area contributed by atoms with Crippen LogP contribution in [0.3, 0.4) is 0 Å². The minimum Gasteiger partial charge on any atom is -0.371 e. The van der Waals surface area contributed by atoms with E-state index in [2.05, 4.69) is 50.2 Å². The molecule has 0 spiro atoms. The Kier molecular flexibility index (Phi) is 4.17. The van der Waals surface area contributed by atoms with E-state index in [1.54, 1.807) is 0 Å². The van der Waals surface area contributed by atoms with Gasteiger partial charge in [0, 0.05) is 50.8 Å². The molecule has 4 rings (SSSR count). The van der Waals surface area contributed by atoms with Crippen LogP contribution in [-0.4, -0.2) is 39.4 Å². The molecule has 0 bridgehead atoms. The zero-order valence-electron chi connectivity index (χ0n) is 14.0. The molecule has 1 aliphatic heterocycles. The second kappa shape index (κ2) is 6.61. The second-order valence-electron chi connectivity index (χ2n) is 6.50. The first kappa shape index (κ1) is 15.1. The van der Waals surface area contributed by atoms with Crippen molar-refractivity contribution in [3.05, 3.63) is 60.3 Å². The van der Waals surface area contributed by atoms with Crippen LogP contribution in [0.2, 0.25) is 0 Å². The molecular weight excluding hydrogens is 298 g/mol. The van der Waals surface area contributed by atoms with Crippen LogP contribution >= 0.6 is 0 Å². The van der Waals surface area contributed by atoms with Gasteiger partial charge < -0.3 is 9.72 Å². The predicted molar refractivity (Wildman–Crippen MR) is 96.2 cm³/mol. The molecule has 3 aromatic rings. The Balaban J connectivity index is 1.55. The lowest BCUT2D eigenvalue weighted by molar-refractivity contribution is 0.198. The summed E-state index contributed by atoms with van der Waals surface area (Å²) in [5.41, 5.74) is 3.59. The average molecular weight is 321 g/mol. The highest BCUT2D eigenvalue weighted by Crippen LogP contribution is 2.28. The third kappa shape index (κ3) is 2.99. The SMILES string of the molecule is CNc1nc([C@@H]2CCCN(Cc3cccnc3)C2)cn2cccc12. The summed E-state index contributed by atoms with van der Waals surface area (Å²) in [5.74, 6) is 1.44. The number of likely N-dealkylation sites (tertiary alicyclic amines) is 1. The van der Waals surface area contributed by atoms with E-state index in [0.717, 1.165) is 31.0 Å². The topological polar surface area (TPSA) is 45.5 Å². The molecule has 24 heavy (non-hydrogen) atoms. The smallest absolute Gasteiger partial charge is 0.150 e. The van der Waals surface area contributed by atoms with E-state index in [4.69, 9.17) is 4.98 Å². The molecule has 1 aliphatic rings. The molecule has 0 aromatic carbocycles. The molecule has 0 aliphatic carbocycles. The van der Waals surface area contributed by atoms with E-state index >= 15 is 0 Å². The number of hydrogen-bond donors (Lipinski definition) is 1. The van der Waals surface area contributed by atoms with Gasteiger partial charge in [-0.1, -0.05) is 6.07 Å². The molecular formula is C19H23N5. The van der Waals surface area contributed by atoms with Crippen molar-refractivity contribution in [1.82, 2.24) is 19.3 Å². The fourth-order valence-corrected chi connectivity index (χ4v) is 3.64. The van der Waals surface area contributed by atoms with Gasteiger partial charge in [-0.15, -0.1) is 0 Å². The molecule has 1 saturated heterocycles. The molecule has 1 fully saturated rings. The van der Waals surface area contributed by atoms with Crippen molar-refractivity contribution in [3.63, 3.8) is 0 Å². The summed E-state index contributed by atoms with van der Waals surface area (Å²) in [4.78, 5) is 11.6. The van der Waals surface area contributed by atoms with Crippen molar-refractivity contribution in [2.75, 3.05) is 25.5 Å². The zero-order chi connectivity index (χ0) is 16.4. The molecule has 0 radical (unpaired) electrons. The number of rotatable bonds is 4. The van der Waals surface area contributed by atoms with E-state index < -0.39 is 0 Å². The van der Waals surface area contributed by atoms with Crippen LogP contribution < -0.4 is 5.32 Å². The fourth-order valence-electron chi connectivity index (χ4n) is 3.64. The van der Waals surface area contributed by atoms with Crippen molar-refractivity contribution in [2.24, 2.45) is 0 Å². The van der Waals surface area contributed by atoms with Gasteiger partial charge in [0.2, 0.25) is 0 Å². The molecule has 0 amide bonds. The summed E-state index contributed by atoms with van der Waals surface area (Å²) >= 11 is 0. The zero-order valence-corrected chi connectivity index (χ0v) is 14.0. The number of piperidine rings is 1. The third-order valence-electron chi connectivity index (χ3n) is 4.82. The number of anilines is 1. The van der Waals surface area contributed by atoms with E-state index in [-0.39, 0.29) is 0 Å². The Morgan fingerprint density at radius 3 is 3.08 bits per heavy atom. The lowest BCUT2D eigenvalue weighted by atomic mass is 9.94. The summed E-state index contributed by atoms with van der Waals surface area (Å²) in [6.45, 7) is 3.17. The molecule has 4 heterocycles. The highest BCUT2D eigenvalue weighted by Gasteiger charge is 2.23. The molecule has 1 N–H and O–H groups in total. The molecule has 124 valence electrons. The molecule has 3 aromatic heterocycles. The number of hydrogen-bond acceptors (Lipinski definition) is 4. The first-order valence-electron chi connectivity index (χ1n) is 8.60. The monoisotopic (exact) mass is 321 g/mol. The van der Waals surface area contributed by atoms with Gasteiger partial charge in [0.15, 0.2) is 0 Å². The van der Waals surface area contributed by atoms with Crippen LogP contribution in [0.1, 0.15) is 30.0 Å². The predicted octanol–water partition coefficient (Wildman–Crippen LogP) is 3.15. The van der Waals surface area contributed by atoms with E-state index in [9.17, 15) is 0 Å². The average Bonchev–Trinajstić information content (AvgIpc) is 3.10. The molecule has 1 atom stereocenters. The van der Waals surface area contributed by atoms with E-state index in [1.807, 2.05) is 25.5 Å². The van der Waals surface area contributed by atoms with Gasteiger partial charge in [0.1, 0.15) is 5.82 Å². The van der Waals surface area contributed by atoms with Gasteiger partial charge in [-0.25, -0.2) is 4.98 Å². The second-order valence-corrected chi connectivity index (χ2v) is 6.50. The third-order valence-corrected chi connectivity index (χ3v) is 4.82. The van der Waals surface area contributed by atoms with Crippen LogP contribution in [0, 0.1) is 0 Å². The summed E-state index contributed by atoms with van der Waals surface area (Å²) in [6, 6.07) is 8.33. The lowest BCUT2D eigenvalue weighted by Crippen LogP contribution is -2.34. The van der Waals surface area contributed by atoms with Crippen molar-refractivity contribution in [2.45, 2.75) is 25.3 Å². The number of aromatic nitrogens is 3. The molecule has 5 nitrogen and oxygen atoms in total. The standard InChI is InChI=1S/C19H23N5/c1-20-19-18-7-4-10-24(18)14-17(22-19)16-6-3-9-23(13-16)12-15-5-2-8-21-11-15/h2,4-5,7-8,10-11,14,16H,3,6,9,12-13H2,1H3,(H,20,22)/t16-/m1/s1. The van der Waals surface area contributed by atoms with Crippen LogP contribution in [-0.2, 0) is 6.54 Å². The Labute approximate surface area is 142 Å². The number of nitrogens with zero attached hydrogens (tertiary/aromatic N) is 4. The van der Waals surface area contributed by atoms with Gasteiger partial charge in [-0.05, 0) is 43.1 Å². The largest absolute Gasteiger partial charge is 0.371 e. The summed E-state index contributed by atoms with van der Waals surface area (Å²) in [7, 11) is 1.94. The van der Waals surface area contributed by atoms with Crippen molar-refractivity contribution >= 4 is 11.3 Å². The van der Waals surface area contributed by atoms with Crippen molar-refractivity contribution in [3.8, 4) is 0 Å². The Hall–Kier alpha value is -2.40. The first-order chi connectivity index (χ1) is 11.8. The number of fused-ring (bicyclic) bond motifs is 1. The van der Waals surface area contributed by atoms with Gasteiger partial charge >= 0.3 is 0 Å². The van der Waals surface area contributed by atoms with Gasteiger partial charge in [-0.3, -0.25) is 9.88 Å².